The van der Waals surface area contributed by atoms with E-state index in [1.165, 1.54) is 82.4 Å². The summed E-state index contributed by atoms with van der Waals surface area (Å²) in [5, 5.41) is 2.82. The number of nitrogens with one attached hydrogen (secondary N) is 1. The second kappa shape index (κ2) is 15.7. The van der Waals surface area contributed by atoms with Crippen molar-refractivity contribution >= 4 is 22.8 Å². The van der Waals surface area contributed by atoms with Gasteiger partial charge in [-0.25, -0.2) is 0 Å². The quantitative estimate of drug-likeness (QED) is 0.273. The van der Waals surface area contributed by atoms with Gasteiger partial charge in [0.1, 0.15) is 0 Å². The summed E-state index contributed by atoms with van der Waals surface area (Å²) in [5.74, 6) is -0.134. The number of carbonyl (C=O) groups excluding carboxylic acids is 2. The van der Waals surface area contributed by atoms with E-state index in [0.29, 0.717) is 6.54 Å². The molecule has 0 aromatic carbocycles. The lowest BCUT2D eigenvalue weighted by molar-refractivity contribution is -0.124. The molecule has 0 aliphatic carbocycles. The van der Waals surface area contributed by atoms with Crippen molar-refractivity contribution < 1.29 is 9.59 Å². The lowest BCUT2D eigenvalue weighted by Gasteiger charge is -2.15. The zero-order valence-corrected chi connectivity index (χ0v) is 17.9. The predicted molar refractivity (Wildman–Crippen MR) is 111 cm³/mol. The molecule has 148 valence electrons. The molecule has 0 fully saturated rings. The van der Waals surface area contributed by atoms with Gasteiger partial charge in [0.15, 0.2) is 5.12 Å². The van der Waals surface area contributed by atoms with Crippen molar-refractivity contribution in [3.63, 3.8) is 0 Å². The first-order valence-electron chi connectivity index (χ1n) is 10.3. The van der Waals surface area contributed by atoms with E-state index in [4.69, 9.17) is 0 Å². The highest BCUT2D eigenvalue weighted by atomic mass is 32.2. The normalized spacial score (nSPS) is 11.5. The third-order valence-electron chi connectivity index (χ3n) is 4.08. The molecule has 0 aromatic heterocycles. The maximum Gasteiger partial charge on any atom is 0.228 e. The van der Waals surface area contributed by atoms with Crippen LogP contribution in [-0.4, -0.2) is 22.3 Å². The Hall–Kier alpha value is -0.510. The van der Waals surface area contributed by atoms with Crippen molar-refractivity contribution in [2.45, 2.75) is 116 Å². The van der Waals surface area contributed by atoms with Gasteiger partial charge in [-0.15, -0.1) is 0 Å². The minimum absolute atomic E-state index is 0.000191. The van der Waals surface area contributed by atoms with E-state index in [2.05, 4.69) is 12.2 Å². The molecule has 1 amide bonds. The Morgan fingerprint density at radius 3 is 1.64 bits per heavy atom. The third-order valence-corrected chi connectivity index (χ3v) is 5.06. The molecule has 0 heterocycles. The zero-order chi connectivity index (χ0) is 19.0. The van der Waals surface area contributed by atoms with Crippen molar-refractivity contribution in [1.82, 2.24) is 5.32 Å². The first kappa shape index (κ1) is 24.5. The summed E-state index contributed by atoms with van der Waals surface area (Å²) in [5.41, 5.74) is 0. The number of carbonyl (C=O) groups is 2. The second-order valence-corrected chi connectivity index (χ2v) is 9.89. The number of rotatable bonds is 15. The number of thioether (sulfide) groups is 1. The van der Waals surface area contributed by atoms with Crippen LogP contribution in [0.2, 0.25) is 0 Å². The lowest BCUT2D eigenvalue weighted by atomic mass is 10.1. The Morgan fingerprint density at radius 1 is 0.760 bits per heavy atom. The molecule has 0 saturated carbocycles. The Balaban J connectivity index is 3.32. The molecule has 0 saturated heterocycles. The van der Waals surface area contributed by atoms with E-state index in [0.717, 1.165) is 6.42 Å². The first-order chi connectivity index (χ1) is 11.8. The minimum Gasteiger partial charge on any atom is -0.356 e. The highest BCUT2D eigenvalue weighted by molar-refractivity contribution is 8.14. The molecule has 1 N–H and O–H groups in total. The lowest BCUT2D eigenvalue weighted by Crippen LogP contribution is -2.27. The van der Waals surface area contributed by atoms with Crippen molar-refractivity contribution in [1.29, 1.82) is 0 Å². The van der Waals surface area contributed by atoms with Gasteiger partial charge in [-0.2, -0.15) is 0 Å². The van der Waals surface area contributed by atoms with E-state index in [1.54, 1.807) is 0 Å². The van der Waals surface area contributed by atoms with Crippen LogP contribution in [0.25, 0.3) is 0 Å². The van der Waals surface area contributed by atoms with Crippen LogP contribution in [0, 0.1) is 0 Å². The van der Waals surface area contributed by atoms with Crippen LogP contribution in [0.3, 0.4) is 0 Å². The molecule has 3 nitrogen and oxygen atoms in total. The number of hydrogen-bond donors (Lipinski definition) is 1. The fourth-order valence-electron chi connectivity index (χ4n) is 2.76. The van der Waals surface area contributed by atoms with Gasteiger partial charge in [0.25, 0.3) is 0 Å². The van der Waals surface area contributed by atoms with Crippen molar-refractivity contribution in [2.24, 2.45) is 0 Å². The van der Waals surface area contributed by atoms with Crippen LogP contribution in [0.4, 0.5) is 0 Å². The third kappa shape index (κ3) is 19.7. The Morgan fingerprint density at radius 2 is 1.20 bits per heavy atom. The molecule has 25 heavy (non-hydrogen) atoms. The van der Waals surface area contributed by atoms with Gasteiger partial charge in [-0.05, 0) is 6.42 Å². The van der Waals surface area contributed by atoms with Crippen LogP contribution in [0.5, 0.6) is 0 Å². The topological polar surface area (TPSA) is 46.2 Å². The minimum atomic E-state index is -0.134. The summed E-state index contributed by atoms with van der Waals surface area (Å²) in [6, 6.07) is 0. The van der Waals surface area contributed by atoms with Crippen LogP contribution in [-0.2, 0) is 9.59 Å². The fraction of sp³-hybridized carbons (Fsp3) is 0.905. The first-order valence-corrected chi connectivity index (χ1v) is 11.2. The molecule has 0 aromatic rings. The van der Waals surface area contributed by atoms with Crippen molar-refractivity contribution in [2.75, 3.05) is 6.54 Å². The van der Waals surface area contributed by atoms with Gasteiger partial charge in [0, 0.05) is 11.3 Å². The summed E-state index contributed by atoms with van der Waals surface area (Å²) in [6.07, 6.45) is 15.8. The van der Waals surface area contributed by atoms with Gasteiger partial charge in [0.05, 0.1) is 6.42 Å². The van der Waals surface area contributed by atoms with Gasteiger partial charge in [-0.1, -0.05) is 110 Å². The van der Waals surface area contributed by atoms with Crippen LogP contribution in [0.15, 0.2) is 0 Å². The highest BCUT2D eigenvalue weighted by Crippen LogP contribution is 2.24. The average molecular weight is 372 g/mol. The second-order valence-electron chi connectivity index (χ2n) is 8.00. The summed E-state index contributed by atoms with van der Waals surface area (Å²) in [4.78, 5) is 23.4. The zero-order valence-electron chi connectivity index (χ0n) is 17.1. The number of hydrogen-bond acceptors (Lipinski definition) is 3. The fourth-order valence-corrected chi connectivity index (χ4v) is 3.65. The van der Waals surface area contributed by atoms with Gasteiger partial charge < -0.3 is 5.32 Å². The smallest absolute Gasteiger partial charge is 0.228 e. The maximum absolute atomic E-state index is 11.7. The van der Waals surface area contributed by atoms with Gasteiger partial charge in [0.2, 0.25) is 5.91 Å². The van der Waals surface area contributed by atoms with E-state index in [-0.39, 0.29) is 22.2 Å². The molecule has 0 spiro atoms. The summed E-state index contributed by atoms with van der Waals surface area (Å²) in [6.45, 7) is 8.92. The average Bonchev–Trinajstić information content (AvgIpc) is 2.49. The molecule has 0 aliphatic rings. The maximum atomic E-state index is 11.7. The molecule has 0 rings (SSSR count). The van der Waals surface area contributed by atoms with Gasteiger partial charge >= 0.3 is 0 Å². The van der Waals surface area contributed by atoms with E-state index < -0.39 is 0 Å². The molecule has 0 radical (unpaired) electrons. The monoisotopic (exact) mass is 371 g/mol. The van der Waals surface area contributed by atoms with Crippen molar-refractivity contribution in [3.05, 3.63) is 0 Å². The SMILES string of the molecule is CCCCCCCCCCCCCCNC(=O)CC(=O)SC(C)(C)C. The van der Waals surface area contributed by atoms with E-state index in [9.17, 15) is 9.59 Å². The summed E-state index contributed by atoms with van der Waals surface area (Å²) in [7, 11) is 0. The molecule has 0 atom stereocenters. The van der Waals surface area contributed by atoms with Crippen LogP contribution >= 0.6 is 11.8 Å². The van der Waals surface area contributed by atoms with Crippen molar-refractivity contribution in [3.8, 4) is 0 Å². The number of unbranched alkanes of at least 4 members (excludes halogenated alkanes) is 11. The molecule has 4 heteroatoms. The predicted octanol–water partition coefficient (Wildman–Crippen LogP) is 6.25. The van der Waals surface area contributed by atoms with Crippen LogP contribution < -0.4 is 5.32 Å². The molecule has 0 unspecified atom stereocenters. The standard InChI is InChI=1S/C21H41NO2S/c1-5-6-7-8-9-10-11-12-13-14-15-16-17-22-19(23)18-20(24)25-21(2,3)4/h5-18H2,1-4H3,(H,22,23). The molecular formula is C21H41NO2S. The van der Waals surface area contributed by atoms with Crippen LogP contribution in [0.1, 0.15) is 111 Å². The molecule has 0 aliphatic heterocycles. The summed E-state index contributed by atoms with van der Waals surface area (Å²) >= 11 is 1.25. The Kier molecular flexibility index (Phi) is 15.4. The largest absolute Gasteiger partial charge is 0.356 e. The Labute approximate surface area is 160 Å². The molecular weight excluding hydrogens is 330 g/mol. The van der Waals surface area contributed by atoms with E-state index >= 15 is 0 Å². The summed E-state index contributed by atoms with van der Waals surface area (Å²) < 4.78 is -0.118. The van der Waals surface area contributed by atoms with Gasteiger partial charge in [-0.3, -0.25) is 9.59 Å². The molecule has 0 bridgehead atoms. The highest BCUT2D eigenvalue weighted by Gasteiger charge is 2.18. The van der Waals surface area contributed by atoms with E-state index in [1.807, 2.05) is 20.8 Å². The number of amides is 1. The Bertz CT molecular complexity index is 350.